The number of hydrogen-bond donors (Lipinski definition) is 0. The largest absolute Gasteiger partial charge is 0.493 e. The van der Waals surface area contributed by atoms with Crippen LogP contribution >= 0.6 is 0 Å². The Labute approximate surface area is 215 Å². The highest BCUT2D eigenvalue weighted by molar-refractivity contribution is 5.84. The summed E-state index contributed by atoms with van der Waals surface area (Å²) in [6.07, 6.45) is 8.09. The van der Waals surface area contributed by atoms with Crippen LogP contribution in [-0.2, 0) is 11.2 Å². The lowest BCUT2D eigenvalue weighted by molar-refractivity contribution is -0.161. The SMILES string of the molecule is COc1cc2c(cc1OC)[C@@H](COc1cc(C)cc(C)c1)N(C(=O)C13CC4CC(CC(C4)C1)C3)CC2. The van der Waals surface area contributed by atoms with Gasteiger partial charge in [-0.15, -0.1) is 0 Å². The zero-order chi connectivity index (χ0) is 25.0. The molecule has 2 aromatic carbocycles. The van der Waals surface area contributed by atoms with Gasteiger partial charge in [-0.2, -0.15) is 0 Å². The predicted molar refractivity (Wildman–Crippen MR) is 140 cm³/mol. The van der Waals surface area contributed by atoms with Crippen LogP contribution in [-0.4, -0.2) is 38.2 Å². The summed E-state index contributed by atoms with van der Waals surface area (Å²) in [7, 11) is 3.35. The summed E-state index contributed by atoms with van der Waals surface area (Å²) >= 11 is 0. The third-order valence-electron chi connectivity index (χ3n) is 9.36. The molecule has 5 heteroatoms. The number of hydrogen-bond acceptors (Lipinski definition) is 4. The molecule has 1 aliphatic heterocycles. The van der Waals surface area contributed by atoms with E-state index in [-0.39, 0.29) is 11.5 Å². The minimum atomic E-state index is -0.166. The molecule has 4 aliphatic carbocycles. The van der Waals surface area contributed by atoms with Crippen molar-refractivity contribution in [2.45, 2.75) is 64.8 Å². The Bertz CT molecular complexity index is 1120. The van der Waals surface area contributed by atoms with Crippen LogP contribution < -0.4 is 14.2 Å². The lowest BCUT2D eigenvalue weighted by Gasteiger charge is -2.57. The Kier molecular flexibility index (Phi) is 5.93. The van der Waals surface area contributed by atoms with E-state index in [1.165, 1.54) is 36.0 Å². The number of carbonyl (C=O) groups excluding carboxylic acids is 1. The fourth-order valence-electron chi connectivity index (χ4n) is 8.32. The first kappa shape index (κ1) is 23.7. The van der Waals surface area contributed by atoms with Gasteiger partial charge in [0.15, 0.2) is 11.5 Å². The Morgan fingerprint density at radius 3 is 2.06 bits per heavy atom. The van der Waals surface area contributed by atoms with Gasteiger partial charge in [-0.3, -0.25) is 4.79 Å². The van der Waals surface area contributed by atoms with Crippen molar-refractivity contribution in [2.24, 2.45) is 23.2 Å². The maximum absolute atomic E-state index is 14.5. The first-order valence-electron chi connectivity index (χ1n) is 13.6. The molecule has 0 radical (unpaired) electrons. The lowest BCUT2D eigenvalue weighted by Crippen LogP contribution is -2.56. The van der Waals surface area contributed by atoms with E-state index < -0.39 is 0 Å². The quantitative estimate of drug-likeness (QED) is 0.496. The Hall–Kier alpha value is -2.69. The number of carbonyl (C=O) groups is 1. The average molecular weight is 490 g/mol. The van der Waals surface area contributed by atoms with Crippen LogP contribution in [0.4, 0.5) is 0 Å². The van der Waals surface area contributed by atoms with Crippen molar-refractivity contribution in [3.8, 4) is 17.2 Å². The molecule has 1 amide bonds. The number of amides is 1. The molecular weight excluding hydrogens is 450 g/mol. The highest BCUT2D eigenvalue weighted by atomic mass is 16.5. The van der Waals surface area contributed by atoms with Gasteiger partial charge >= 0.3 is 0 Å². The number of rotatable bonds is 6. The highest BCUT2D eigenvalue weighted by Gasteiger charge is 2.56. The number of ether oxygens (including phenoxy) is 3. The molecule has 0 spiro atoms. The lowest BCUT2D eigenvalue weighted by atomic mass is 9.49. The van der Waals surface area contributed by atoms with Gasteiger partial charge in [0.25, 0.3) is 0 Å². The zero-order valence-electron chi connectivity index (χ0n) is 22.1. The van der Waals surface area contributed by atoms with Crippen LogP contribution in [0.3, 0.4) is 0 Å². The highest BCUT2D eigenvalue weighted by Crippen LogP contribution is 2.61. The van der Waals surface area contributed by atoms with Crippen molar-refractivity contribution in [3.05, 3.63) is 52.6 Å². The number of aryl methyl sites for hydroxylation is 2. The second-order valence-corrected chi connectivity index (χ2v) is 12.0. The molecule has 5 aliphatic rings. The first-order chi connectivity index (χ1) is 17.4. The summed E-state index contributed by atoms with van der Waals surface area (Å²) < 4.78 is 17.7. The Morgan fingerprint density at radius 2 is 1.47 bits per heavy atom. The Balaban J connectivity index is 1.35. The van der Waals surface area contributed by atoms with E-state index in [0.717, 1.165) is 67.0 Å². The molecule has 0 unspecified atom stereocenters. The van der Waals surface area contributed by atoms with Gasteiger partial charge in [0.2, 0.25) is 5.91 Å². The number of nitrogens with zero attached hydrogens (tertiary/aromatic N) is 1. The van der Waals surface area contributed by atoms with Crippen molar-refractivity contribution >= 4 is 5.91 Å². The van der Waals surface area contributed by atoms with E-state index in [1.54, 1.807) is 14.2 Å². The molecule has 4 saturated carbocycles. The summed E-state index contributed by atoms with van der Waals surface area (Å²) in [5.74, 6) is 4.91. The van der Waals surface area contributed by atoms with Crippen molar-refractivity contribution in [3.63, 3.8) is 0 Å². The second kappa shape index (κ2) is 9.00. The summed E-state index contributed by atoms with van der Waals surface area (Å²) in [5.41, 5.74) is 4.54. The van der Waals surface area contributed by atoms with Gasteiger partial charge in [-0.1, -0.05) is 6.07 Å². The zero-order valence-corrected chi connectivity index (χ0v) is 22.1. The number of methoxy groups -OCH3 is 2. The predicted octanol–water partition coefficient (Wildman–Crippen LogP) is 6.04. The van der Waals surface area contributed by atoms with Crippen molar-refractivity contribution in [1.82, 2.24) is 4.90 Å². The molecule has 7 rings (SSSR count). The summed E-state index contributed by atoms with van der Waals surface area (Å²) in [4.78, 5) is 16.7. The molecule has 5 nitrogen and oxygen atoms in total. The third kappa shape index (κ3) is 4.05. The summed E-state index contributed by atoms with van der Waals surface area (Å²) in [6, 6.07) is 10.3. The van der Waals surface area contributed by atoms with Gasteiger partial charge in [0, 0.05) is 6.54 Å². The van der Waals surface area contributed by atoms with Gasteiger partial charge in [-0.25, -0.2) is 0 Å². The standard InChI is InChI=1S/C31H39NO4/c1-19-7-20(2)9-25(8-19)36-18-27-26-14-29(35-4)28(34-3)13-24(26)5-6-32(27)30(33)31-15-21-10-22(16-31)12-23(11-21)17-31/h7-9,13-14,21-23,27H,5-6,10-12,15-18H2,1-4H3/t21?,22?,23?,27-,31?/m1/s1. The van der Waals surface area contributed by atoms with Crippen LogP contribution in [0.15, 0.2) is 30.3 Å². The average Bonchev–Trinajstić information content (AvgIpc) is 2.84. The topological polar surface area (TPSA) is 48.0 Å². The van der Waals surface area contributed by atoms with E-state index in [0.29, 0.717) is 18.3 Å². The van der Waals surface area contributed by atoms with E-state index in [4.69, 9.17) is 14.2 Å². The van der Waals surface area contributed by atoms with E-state index >= 15 is 0 Å². The normalized spacial score (nSPS) is 30.2. The van der Waals surface area contributed by atoms with E-state index in [1.807, 2.05) is 0 Å². The molecule has 4 bridgehead atoms. The minimum absolute atomic E-state index is 0.144. The van der Waals surface area contributed by atoms with Gasteiger partial charge in [0.1, 0.15) is 12.4 Å². The monoisotopic (exact) mass is 489 g/mol. The molecule has 1 heterocycles. The van der Waals surface area contributed by atoms with E-state index in [9.17, 15) is 4.79 Å². The molecule has 4 fully saturated rings. The molecule has 1 atom stereocenters. The van der Waals surface area contributed by atoms with Gasteiger partial charge in [-0.05, 0) is 123 Å². The number of fused-ring (bicyclic) bond motifs is 1. The molecule has 192 valence electrons. The van der Waals surface area contributed by atoms with Crippen LogP contribution in [0.1, 0.15) is 66.8 Å². The number of benzene rings is 2. The van der Waals surface area contributed by atoms with E-state index in [2.05, 4.69) is 49.1 Å². The fraction of sp³-hybridized carbons (Fsp3) is 0.581. The molecule has 0 aromatic heterocycles. The third-order valence-corrected chi connectivity index (χ3v) is 9.36. The van der Waals surface area contributed by atoms with Gasteiger partial charge in [0.05, 0.1) is 25.7 Å². The smallest absolute Gasteiger partial charge is 0.229 e. The van der Waals surface area contributed by atoms with Crippen LogP contribution in [0, 0.1) is 37.0 Å². The molecule has 2 aromatic rings. The van der Waals surface area contributed by atoms with Crippen molar-refractivity contribution in [1.29, 1.82) is 0 Å². The second-order valence-electron chi connectivity index (χ2n) is 12.0. The van der Waals surface area contributed by atoms with Gasteiger partial charge < -0.3 is 19.1 Å². The van der Waals surface area contributed by atoms with Crippen molar-refractivity contribution < 1.29 is 19.0 Å². The van der Waals surface area contributed by atoms with Crippen LogP contribution in [0.5, 0.6) is 17.2 Å². The Morgan fingerprint density at radius 1 is 0.889 bits per heavy atom. The molecule has 0 N–H and O–H groups in total. The fourth-order valence-corrected chi connectivity index (χ4v) is 8.32. The summed E-state index contributed by atoms with van der Waals surface area (Å²) in [6.45, 7) is 5.35. The maximum atomic E-state index is 14.5. The molecular formula is C31H39NO4. The van der Waals surface area contributed by atoms with Crippen LogP contribution in [0.25, 0.3) is 0 Å². The molecule has 0 saturated heterocycles. The minimum Gasteiger partial charge on any atom is -0.493 e. The van der Waals surface area contributed by atoms with Crippen LogP contribution in [0.2, 0.25) is 0 Å². The summed E-state index contributed by atoms with van der Waals surface area (Å²) in [5, 5.41) is 0. The first-order valence-corrected chi connectivity index (χ1v) is 13.6. The molecule has 36 heavy (non-hydrogen) atoms. The maximum Gasteiger partial charge on any atom is 0.229 e. The van der Waals surface area contributed by atoms with Crippen molar-refractivity contribution in [2.75, 3.05) is 27.4 Å².